The normalized spacial score (nSPS) is 14.0. The van der Waals surface area contributed by atoms with Gasteiger partial charge in [0.1, 0.15) is 4.83 Å². The molecule has 0 radical (unpaired) electrons. The molecule has 1 aliphatic heterocycles. The zero-order valence-corrected chi connectivity index (χ0v) is 16.4. The lowest BCUT2D eigenvalue weighted by Crippen LogP contribution is -2.24. The Bertz CT molecular complexity index is 1120. The second-order valence-corrected chi connectivity index (χ2v) is 7.80. The molecule has 0 bridgehead atoms. The minimum absolute atomic E-state index is 0.0559. The largest absolute Gasteiger partial charge is 0.326 e. The lowest BCUT2D eigenvalue weighted by molar-refractivity contribution is -0.117. The molecule has 3 heterocycles. The van der Waals surface area contributed by atoms with Gasteiger partial charge in [-0.3, -0.25) is 19.0 Å². The molecule has 2 aromatic heterocycles. The summed E-state index contributed by atoms with van der Waals surface area (Å²) in [5.41, 5.74) is 1.05. The number of thiophene rings is 1. The molecule has 0 spiro atoms. The first kappa shape index (κ1) is 18.6. The van der Waals surface area contributed by atoms with Crippen molar-refractivity contribution in [2.45, 2.75) is 25.8 Å². The van der Waals surface area contributed by atoms with Gasteiger partial charge in [-0.2, -0.15) is 0 Å². The van der Waals surface area contributed by atoms with E-state index < -0.39 is 0 Å². The molecule has 4 rings (SSSR count). The van der Waals surface area contributed by atoms with Crippen molar-refractivity contribution in [2.75, 3.05) is 16.8 Å². The van der Waals surface area contributed by atoms with Crippen molar-refractivity contribution >= 4 is 56.3 Å². The van der Waals surface area contributed by atoms with E-state index >= 15 is 0 Å². The van der Waals surface area contributed by atoms with E-state index in [0.29, 0.717) is 39.6 Å². The van der Waals surface area contributed by atoms with Crippen LogP contribution in [-0.2, 0) is 16.1 Å². The van der Waals surface area contributed by atoms with Gasteiger partial charge in [0, 0.05) is 31.6 Å². The third kappa shape index (κ3) is 3.65. The van der Waals surface area contributed by atoms with Gasteiger partial charge in [0.2, 0.25) is 11.8 Å². The van der Waals surface area contributed by atoms with Crippen LogP contribution in [-0.4, -0.2) is 27.9 Å². The summed E-state index contributed by atoms with van der Waals surface area (Å²) in [5.74, 6) is -0.182. The summed E-state index contributed by atoms with van der Waals surface area (Å²) in [6.07, 6.45) is 2.94. The number of aryl methyl sites for hydroxylation is 1. The highest BCUT2D eigenvalue weighted by atomic mass is 35.5. The topological polar surface area (TPSA) is 84.3 Å². The molecule has 0 aliphatic carbocycles. The van der Waals surface area contributed by atoms with Gasteiger partial charge in [-0.15, -0.1) is 11.3 Å². The molecule has 1 N–H and O–H groups in total. The molecule has 3 aromatic rings. The second kappa shape index (κ2) is 7.73. The number of hydrogen-bond donors (Lipinski definition) is 1. The van der Waals surface area contributed by atoms with Crippen molar-refractivity contribution in [1.82, 2.24) is 9.55 Å². The number of aromatic nitrogens is 2. The Morgan fingerprint density at radius 2 is 2.14 bits per heavy atom. The van der Waals surface area contributed by atoms with E-state index in [-0.39, 0.29) is 30.3 Å². The Labute approximate surface area is 169 Å². The number of carbonyl (C=O) groups excluding carboxylic acids is 2. The lowest BCUT2D eigenvalue weighted by Gasteiger charge is -2.18. The first-order valence-electron chi connectivity index (χ1n) is 8.85. The Morgan fingerprint density at radius 3 is 2.89 bits per heavy atom. The standard InChI is InChI=1S/C19H17ClN4O3S/c20-14-10-12(3-4-15(14)24-7-1-2-17(24)26)22-16(25)5-8-23-11-21-18-13(19(23)27)6-9-28-18/h3-4,6,9-11H,1-2,5,7-8H2,(H,22,25). The van der Waals surface area contributed by atoms with E-state index in [9.17, 15) is 14.4 Å². The van der Waals surface area contributed by atoms with E-state index in [4.69, 9.17) is 11.6 Å². The quantitative estimate of drug-likeness (QED) is 0.691. The molecule has 0 saturated carbocycles. The third-order valence-electron chi connectivity index (χ3n) is 4.63. The van der Waals surface area contributed by atoms with Crippen molar-refractivity contribution in [1.29, 1.82) is 0 Å². The fourth-order valence-electron chi connectivity index (χ4n) is 3.20. The number of rotatable bonds is 5. The van der Waals surface area contributed by atoms with Crippen LogP contribution >= 0.6 is 22.9 Å². The van der Waals surface area contributed by atoms with Gasteiger partial charge in [0.05, 0.1) is 22.4 Å². The van der Waals surface area contributed by atoms with Gasteiger partial charge >= 0.3 is 0 Å². The molecule has 28 heavy (non-hydrogen) atoms. The fraction of sp³-hybridized carbons (Fsp3) is 0.263. The number of carbonyl (C=O) groups is 2. The maximum Gasteiger partial charge on any atom is 0.262 e. The van der Waals surface area contributed by atoms with Crippen LogP contribution in [0.5, 0.6) is 0 Å². The van der Waals surface area contributed by atoms with Crippen molar-refractivity contribution in [2.24, 2.45) is 0 Å². The predicted octanol–water partition coefficient (Wildman–Crippen LogP) is 3.27. The molecule has 1 saturated heterocycles. The van der Waals surface area contributed by atoms with Crippen LogP contribution in [0.4, 0.5) is 11.4 Å². The molecule has 0 unspecified atom stereocenters. The summed E-state index contributed by atoms with van der Waals surface area (Å²) in [6.45, 7) is 0.888. The molecule has 1 fully saturated rings. The zero-order valence-electron chi connectivity index (χ0n) is 14.9. The molecular weight excluding hydrogens is 400 g/mol. The van der Waals surface area contributed by atoms with Gasteiger partial charge in [0.25, 0.3) is 5.56 Å². The van der Waals surface area contributed by atoms with E-state index in [1.165, 1.54) is 22.2 Å². The lowest BCUT2D eigenvalue weighted by atomic mass is 10.2. The predicted molar refractivity (Wildman–Crippen MR) is 110 cm³/mol. The monoisotopic (exact) mass is 416 g/mol. The summed E-state index contributed by atoms with van der Waals surface area (Å²) >= 11 is 7.71. The summed E-state index contributed by atoms with van der Waals surface area (Å²) in [5, 5.41) is 5.57. The van der Waals surface area contributed by atoms with Gasteiger partial charge in [-0.25, -0.2) is 4.98 Å². The average Bonchev–Trinajstić information content (AvgIpc) is 3.31. The van der Waals surface area contributed by atoms with Crippen LogP contribution in [0.3, 0.4) is 0 Å². The fourth-order valence-corrected chi connectivity index (χ4v) is 4.21. The third-order valence-corrected chi connectivity index (χ3v) is 5.75. The first-order valence-corrected chi connectivity index (χ1v) is 10.1. The molecule has 7 nitrogen and oxygen atoms in total. The molecular formula is C19H17ClN4O3S. The molecule has 0 atom stereocenters. The van der Waals surface area contributed by atoms with Crippen LogP contribution < -0.4 is 15.8 Å². The maximum absolute atomic E-state index is 12.3. The average molecular weight is 417 g/mol. The molecule has 1 aromatic carbocycles. The Kier molecular flexibility index (Phi) is 5.15. The summed E-state index contributed by atoms with van der Waals surface area (Å²) < 4.78 is 1.43. The number of benzene rings is 1. The van der Waals surface area contributed by atoms with Crippen LogP contribution in [0.1, 0.15) is 19.3 Å². The van der Waals surface area contributed by atoms with Crippen molar-refractivity contribution in [3.8, 4) is 0 Å². The number of nitrogens with one attached hydrogen (secondary N) is 1. The Balaban J connectivity index is 1.40. The van der Waals surface area contributed by atoms with E-state index in [0.717, 1.165) is 6.42 Å². The summed E-state index contributed by atoms with van der Waals surface area (Å²) in [4.78, 5) is 43.1. The van der Waals surface area contributed by atoms with Gasteiger partial charge in [-0.05, 0) is 36.1 Å². The number of anilines is 2. The minimum atomic E-state index is -0.238. The van der Waals surface area contributed by atoms with E-state index in [1.807, 2.05) is 5.38 Å². The van der Waals surface area contributed by atoms with E-state index in [1.54, 1.807) is 29.2 Å². The highest BCUT2D eigenvalue weighted by molar-refractivity contribution is 7.16. The minimum Gasteiger partial charge on any atom is -0.326 e. The smallest absolute Gasteiger partial charge is 0.262 e. The maximum atomic E-state index is 12.3. The molecule has 2 amide bonds. The zero-order chi connectivity index (χ0) is 19.7. The van der Waals surface area contributed by atoms with Crippen LogP contribution in [0.2, 0.25) is 5.02 Å². The Hall–Kier alpha value is -2.71. The number of hydrogen-bond acceptors (Lipinski definition) is 5. The van der Waals surface area contributed by atoms with E-state index in [2.05, 4.69) is 10.3 Å². The second-order valence-electron chi connectivity index (χ2n) is 6.50. The number of halogens is 1. The van der Waals surface area contributed by atoms with Crippen molar-refractivity contribution in [3.63, 3.8) is 0 Å². The number of nitrogens with zero attached hydrogens (tertiary/aromatic N) is 3. The highest BCUT2D eigenvalue weighted by Crippen LogP contribution is 2.31. The molecule has 9 heteroatoms. The van der Waals surface area contributed by atoms with Crippen molar-refractivity contribution in [3.05, 3.63) is 51.3 Å². The molecule has 1 aliphatic rings. The van der Waals surface area contributed by atoms with Gasteiger partial charge in [0.15, 0.2) is 0 Å². The van der Waals surface area contributed by atoms with Crippen molar-refractivity contribution < 1.29 is 9.59 Å². The van der Waals surface area contributed by atoms with Gasteiger partial charge < -0.3 is 10.2 Å². The highest BCUT2D eigenvalue weighted by Gasteiger charge is 2.23. The first-order chi connectivity index (χ1) is 13.5. The van der Waals surface area contributed by atoms with Crippen LogP contribution in [0.25, 0.3) is 10.2 Å². The van der Waals surface area contributed by atoms with Crippen LogP contribution in [0, 0.1) is 0 Å². The van der Waals surface area contributed by atoms with Gasteiger partial charge in [-0.1, -0.05) is 11.6 Å². The SMILES string of the molecule is O=C(CCn1cnc2sccc2c1=O)Nc1ccc(N2CCCC2=O)c(Cl)c1. The summed E-state index contributed by atoms with van der Waals surface area (Å²) in [7, 11) is 0. The van der Waals surface area contributed by atoms with Crippen LogP contribution in [0.15, 0.2) is 40.8 Å². The molecule has 144 valence electrons. The number of amides is 2. The Morgan fingerprint density at radius 1 is 1.29 bits per heavy atom. The summed E-state index contributed by atoms with van der Waals surface area (Å²) in [6, 6.07) is 6.82. The number of fused-ring (bicyclic) bond motifs is 1.